The summed E-state index contributed by atoms with van der Waals surface area (Å²) >= 11 is 0. The average molecular weight is 256 g/mol. The van der Waals surface area contributed by atoms with E-state index in [1.165, 1.54) is 6.42 Å². The zero-order valence-electron chi connectivity index (χ0n) is 11.6. The molecule has 2 aliphatic rings. The molecular formula is C15H20N4. The zero-order valence-corrected chi connectivity index (χ0v) is 11.6. The van der Waals surface area contributed by atoms with Crippen LogP contribution in [0.3, 0.4) is 0 Å². The summed E-state index contributed by atoms with van der Waals surface area (Å²) in [5.74, 6) is 0. The van der Waals surface area contributed by atoms with Crippen LogP contribution in [0, 0.1) is 6.57 Å². The van der Waals surface area contributed by atoms with Gasteiger partial charge in [0.2, 0.25) is 5.69 Å². The summed E-state index contributed by atoms with van der Waals surface area (Å²) in [6.45, 7) is 14.9. The predicted molar refractivity (Wildman–Crippen MR) is 74.9 cm³/mol. The standard InChI is InChI=1S/C15H20N4/c1-11(2)18-8-12-7-13(9-18)19(12)10-15-14(16-3)5-4-6-17-15/h4-6,11-13H,7-10H2,1-2H3. The summed E-state index contributed by atoms with van der Waals surface area (Å²) in [5.41, 5.74) is 1.64. The fourth-order valence-corrected chi connectivity index (χ4v) is 3.23. The molecule has 0 N–H and O–H groups in total. The van der Waals surface area contributed by atoms with E-state index in [1.54, 1.807) is 6.20 Å². The van der Waals surface area contributed by atoms with Crippen LogP contribution < -0.4 is 0 Å². The van der Waals surface area contributed by atoms with Crippen LogP contribution in [-0.2, 0) is 6.54 Å². The normalized spacial score (nSPS) is 27.1. The molecule has 0 amide bonds. The minimum absolute atomic E-state index is 0.640. The van der Waals surface area contributed by atoms with Crippen LogP contribution in [0.15, 0.2) is 18.3 Å². The molecule has 0 aromatic carbocycles. The molecule has 19 heavy (non-hydrogen) atoms. The first-order valence-electron chi connectivity index (χ1n) is 7.00. The van der Waals surface area contributed by atoms with E-state index in [0.29, 0.717) is 23.8 Å². The number of piperazine rings is 1. The first-order chi connectivity index (χ1) is 9.19. The highest BCUT2D eigenvalue weighted by atomic mass is 15.4. The highest BCUT2D eigenvalue weighted by molar-refractivity contribution is 5.48. The zero-order chi connectivity index (χ0) is 13.4. The van der Waals surface area contributed by atoms with Crippen molar-refractivity contribution in [2.75, 3.05) is 13.1 Å². The Balaban J connectivity index is 1.69. The topological polar surface area (TPSA) is 23.7 Å². The number of nitrogens with zero attached hydrogens (tertiary/aromatic N) is 4. The smallest absolute Gasteiger partial charge is 0.209 e. The number of pyridine rings is 1. The Kier molecular flexibility index (Phi) is 3.26. The minimum atomic E-state index is 0.640. The second-order valence-corrected chi connectivity index (χ2v) is 5.84. The SMILES string of the molecule is [C-]#[N+]c1cccnc1CN1C2CC1CN(C(C)C)C2. The van der Waals surface area contributed by atoms with Crippen LogP contribution in [-0.4, -0.2) is 46.0 Å². The fourth-order valence-electron chi connectivity index (χ4n) is 3.23. The number of fused-ring (bicyclic) bond motifs is 2. The molecule has 1 aromatic heterocycles. The van der Waals surface area contributed by atoms with E-state index in [0.717, 1.165) is 25.3 Å². The van der Waals surface area contributed by atoms with Gasteiger partial charge in [-0.05, 0) is 20.3 Å². The van der Waals surface area contributed by atoms with Crippen molar-refractivity contribution in [2.24, 2.45) is 0 Å². The van der Waals surface area contributed by atoms with Crippen molar-refractivity contribution < 1.29 is 0 Å². The highest BCUT2D eigenvalue weighted by Crippen LogP contribution is 2.35. The first-order valence-corrected chi connectivity index (χ1v) is 7.00. The molecule has 0 saturated carbocycles. The summed E-state index contributed by atoms with van der Waals surface area (Å²) in [4.78, 5) is 13.0. The molecule has 3 heterocycles. The maximum Gasteiger partial charge on any atom is 0.209 e. The molecule has 0 radical (unpaired) electrons. The van der Waals surface area contributed by atoms with Gasteiger partial charge >= 0.3 is 0 Å². The Morgan fingerprint density at radius 3 is 2.79 bits per heavy atom. The lowest BCUT2D eigenvalue weighted by Gasteiger charge is -2.57. The molecule has 2 aliphatic heterocycles. The van der Waals surface area contributed by atoms with Crippen LogP contribution in [0.2, 0.25) is 0 Å². The van der Waals surface area contributed by atoms with Gasteiger partial charge in [-0.15, -0.1) is 0 Å². The summed E-state index contributed by atoms with van der Waals surface area (Å²) < 4.78 is 0. The van der Waals surface area contributed by atoms with Gasteiger partial charge in [0.15, 0.2) is 0 Å². The number of piperidine rings is 1. The lowest BCUT2D eigenvalue weighted by molar-refractivity contribution is -0.0839. The molecule has 0 spiro atoms. The molecular weight excluding hydrogens is 236 g/mol. The largest absolute Gasteiger partial charge is 0.298 e. The molecule has 3 rings (SSSR count). The van der Waals surface area contributed by atoms with Gasteiger partial charge in [-0.3, -0.25) is 14.8 Å². The molecule has 2 unspecified atom stereocenters. The van der Waals surface area contributed by atoms with Crippen molar-refractivity contribution >= 4 is 5.69 Å². The van der Waals surface area contributed by atoms with Gasteiger partial charge in [0.1, 0.15) is 0 Å². The van der Waals surface area contributed by atoms with E-state index < -0.39 is 0 Å². The molecule has 4 nitrogen and oxygen atoms in total. The predicted octanol–water partition coefficient (Wildman–Crippen LogP) is 2.30. The maximum atomic E-state index is 7.21. The van der Waals surface area contributed by atoms with Crippen molar-refractivity contribution in [1.29, 1.82) is 0 Å². The van der Waals surface area contributed by atoms with Gasteiger partial charge in [0.25, 0.3) is 0 Å². The van der Waals surface area contributed by atoms with E-state index in [9.17, 15) is 0 Å². The van der Waals surface area contributed by atoms with Crippen LogP contribution in [0.4, 0.5) is 5.69 Å². The van der Waals surface area contributed by atoms with Gasteiger partial charge in [-0.2, -0.15) is 0 Å². The third kappa shape index (κ3) is 2.24. The number of hydrogen-bond donors (Lipinski definition) is 0. The Morgan fingerprint density at radius 1 is 1.42 bits per heavy atom. The molecule has 2 atom stereocenters. The van der Waals surface area contributed by atoms with Crippen molar-refractivity contribution in [3.8, 4) is 0 Å². The van der Waals surface area contributed by atoms with Crippen LogP contribution >= 0.6 is 0 Å². The van der Waals surface area contributed by atoms with E-state index in [4.69, 9.17) is 6.57 Å². The fraction of sp³-hybridized carbons (Fsp3) is 0.600. The Morgan fingerprint density at radius 2 is 2.16 bits per heavy atom. The van der Waals surface area contributed by atoms with E-state index in [1.807, 2.05) is 12.1 Å². The third-order valence-electron chi connectivity index (χ3n) is 4.42. The number of hydrogen-bond acceptors (Lipinski definition) is 3. The van der Waals surface area contributed by atoms with Crippen molar-refractivity contribution in [3.05, 3.63) is 35.4 Å². The second-order valence-electron chi connectivity index (χ2n) is 5.84. The van der Waals surface area contributed by atoms with Crippen molar-refractivity contribution in [2.45, 2.75) is 44.9 Å². The average Bonchev–Trinajstić information content (AvgIpc) is 2.45. The molecule has 4 heteroatoms. The number of rotatable bonds is 3. The van der Waals surface area contributed by atoms with Gasteiger partial charge in [0, 0.05) is 44.0 Å². The van der Waals surface area contributed by atoms with E-state index in [-0.39, 0.29) is 0 Å². The van der Waals surface area contributed by atoms with Gasteiger partial charge in [-0.25, -0.2) is 4.85 Å². The van der Waals surface area contributed by atoms with Crippen LogP contribution in [0.5, 0.6) is 0 Å². The minimum Gasteiger partial charge on any atom is -0.298 e. The summed E-state index contributed by atoms with van der Waals surface area (Å²) in [6, 6.07) is 5.66. The van der Waals surface area contributed by atoms with E-state index >= 15 is 0 Å². The molecule has 2 bridgehead atoms. The Labute approximate surface area is 114 Å². The molecule has 2 fully saturated rings. The van der Waals surface area contributed by atoms with Gasteiger partial charge in [0.05, 0.1) is 12.3 Å². The molecule has 0 aliphatic carbocycles. The lowest BCUT2D eigenvalue weighted by atomic mass is 9.86. The van der Waals surface area contributed by atoms with E-state index in [2.05, 4.69) is 33.5 Å². The van der Waals surface area contributed by atoms with Crippen molar-refractivity contribution in [1.82, 2.24) is 14.8 Å². The van der Waals surface area contributed by atoms with Gasteiger partial charge in [-0.1, -0.05) is 12.1 Å². The Bertz CT molecular complexity index is 493. The van der Waals surface area contributed by atoms with Crippen molar-refractivity contribution in [3.63, 3.8) is 0 Å². The first kappa shape index (κ1) is 12.6. The summed E-state index contributed by atoms with van der Waals surface area (Å²) in [6.07, 6.45) is 3.10. The molecule has 2 saturated heterocycles. The quantitative estimate of drug-likeness (QED) is 0.775. The van der Waals surface area contributed by atoms with Crippen LogP contribution in [0.25, 0.3) is 4.85 Å². The highest BCUT2D eigenvalue weighted by Gasteiger charge is 2.44. The third-order valence-corrected chi connectivity index (χ3v) is 4.42. The summed E-state index contributed by atoms with van der Waals surface area (Å²) in [7, 11) is 0. The monoisotopic (exact) mass is 256 g/mol. The van der Waals surface area contributed by atoms with Crippen LogP contribution in [0.1, 0.15) is 26.0 Å². The second kappa shape index (κ2) is 4.92. The lowest BCUT2D eigenvalue weighted by Crippen LogP contribution is -2.68. The van der Waals surface area contributed by atoms with Gasteiger partial charge < -0.3 is 0 Å². The Hall–Kier alpha value is -1.44. The number of likely N-dealkylation sites (tertiary alicyclic amines) is 2. The molecule has 100 valence electrons. The maximum absolute atomic E-state index is 7.21. The number of aromatic nitrogens is 1. The molecule has 1 aromatic rings. The summed E-state index contributed by atoms with van der Waals surface area (Å²) in [5, 5.41) is 0.